The van der Waals surface area contributed by atoms with Crippen molar-refractivity contribution in [3.63, 3.8) is 0 Å². The predicted molar refractivity (Wildman–Crippen MR) is 293 cm³/mol. The second-order valence-electron chi connectivity index (χ2n) is 19.2. The highest BCUT2D eigenvalue weighted by atomic mass is 16.6. The maximum Gasteiger partial charge on any atom is 0.306 e. The van der Waals surface area contributed by atoms with Gasteiger partial charge >= 0.3 is 17.9 Å². The summed E-state index contributed by atoms with van der Waals surface area (Å²) >= 11 is 0. The fourth-order valence-corrected chi connectivity index (χ4v) is 8.07. The van der Waals surface area contributed by atoms with Crippen LogP contribution in [0.25, 0.3) is 0 Å². The van der Waals surface area contributed by atoms with Gasteiger partial charge in [-0.3, -0.25) is 14.4 Å². The van der Waals surface area contributed by atoms with Gasteiger partial charge in [0.2, 0.25) is 0 Å². The van der Waals surface area contributed by atoms with Crippen LogP contribution in [0.2, 0.25) is 0 Å². The standard InChI is InChI=1S/C62H108O6/c1-4-7-10-13-16-19-22-25-28-30-32-34-37-40-43-46-49-52-55-61(64)67-58-59(57-66-60(63)54-51-48-45-42-39-36-33-27-24-21-18-15-12-9-6-3)68-62(65)56-53-50-47-44-41-38-35-31-29-26-23-20-17-14-11-8-5-2/h8,11,17,19-20,22,26-30,33,59H,4-7,9-10,12-16,18,21,23-25,31-32,34-58H2,1-3H3/b11-8-,20-17-,22-19-,29-26-,30-28-,33-27-. The maximum atomic E-state index is 12.9. The third kappa shape index (κ3) is 53.8. The van der Waals surface area contributed by atoms with E-state index in [-0.39, 0.29) is 31.1 Å². The SMILES string of the molecule is CC/C=C\C/C=C\C/C=C\CCCCCCCCCC(=O)OC(COC(=O)CCCCCCC/C=C\CCCCCCCC)COC(=O)CCCCCCCCC/C=C\C/C=C\CCCCCC. The molecule has 0 bridgehead atoms. The quantitative estimate of drug-likeness (QED) is 0.0262. The molecule has 0 saturated carbocycles. The van der Waals surface area contributed by atoms with Gasteiger partial charge in [-0.15, -0.1) is 0 Å². The summed E-state index contributed by atoms with van der Waals surface area (Å²) in [5.74, 6) is -0.903. The third-order valence-corrected chi connectivity index (χ3v) is 12.4. The molecule has 1 unspecified atom stereocenters. The Labute approximate surface area is 421 Å². The Balaban J connectivity index is 4.41. The fraction of sp³-hybridized carbons (Fsp3) is 0.758. The van der Waals surface area contributed by atoms with Gasteiger partial charge in [0.05, 0.1) is 0 Å². The van der Waals surface area contributed by atoms with Gasteiger partial charge in [0, 0.05) is 19.3 Å². The summed E-state index contributed by atoms with van der Waals surface area (Å²) in [7, 11) is 0. The van der Waals surface area contributed by atoms with E-state index >= 15 is 0 Å². The van der Waals surface area contributed by atoms with Gasteiger partial charge in [0.1, 0.15) is 13.2 Å². The molecule has 0 N–H and O–H groups in total. The smallest absolute Gasteiger partial charge is 0.306 e. The molecule has 0 rings (SSSR count). The lowest BCUT2D eigenvalue weighted by Gasteiger charge is -2.18. The molecule has 0 radical (unpaired) electrons. The zero-order valence-corrected chi connectivity index (χ0v) is 44.9. The summed E-state index contributed by atoms with van der Waals surface area (Å²) in [5.41, 5.74) is 0. The van der Waals surface area contributed by atoms with E-state index in [1.807, 2.05) is 0 Å². The third-order valence-electron chi connectivity index (χ3n) is 12.4. The molecule has 0 aliphatic heterocycles. The Kier molecular flexibility index (Phi) is 53.8. The molecule has 392 valence electrons. The molecule has 1 atom stereocenters. The molecule has 0 fully saturated rings. The van der Waals surface area contributed by atoms with E-state index in [1.165, 1.54) is 141 Å². The van der Waals surface area contributed by atoms with Crippen LogP contribution < -0.4 is 0 Å². The van der Waals surface area contributed by atoms with Crippen LogP contribution in [-0.2, 0) is 28.6 Å². The first-order valence-corrected chi connectivity index (χ1v) is 28.9. The summed E-state index contributed by atoms with van der Waals surface area (Å²) in [6.45, 7) is 6.51. The van der Waals surface area contributed by atoms with Crippen LogP contribution >= 0.6 is 0 Å². The molecule has 6 heteroatoms. The summed E-state index contributed by atoms with van der Waals surface area (Å²) in [5, 5.41) is 0. The van der Waals surface area contributed by atoms with Crippen molar-refractivity contribution < 1.29 is 28.6 Å². The predicted octanol–water partition coefficient (Wildman–Crippen LogP) is 19.4. The number of hydrogen-bond acceptors (Lipinski definition) is 6. The number of ether oxygens (including phenoxy) is 3. The van der Waals surface area contributed by atoms with E-state index in [0.717, 1.165) is 103 Å². The highest BCUT2D eigenvalue weighted by Crippen LogP contribution is 2.15. The molecule has 0 aliphatic carbocycles. The Morgan fingerprint density at radius 3 is 0.926 bits per heavy atom. The van der Waals surface area contributed by atoms with Gasteiger partial charge in [-0.2, -0.15) is 0 Å². The lowest BCUT2D eigenvalue weighted by Crippen LogP contribution is -2.30. The summed E-state index contributed by atoms with van der Waals surface area (Å²) in [4.78, 5) is 38.2. The maximum absolute atomic E-state index is 12.9. The minimum absolute atomic E-state index is 0.0857. The van der Waals surface area contributed by atoms with Crippen LogP contribution in [0.5, 0.6) is 0 Å². The second-order valence-corrected chi connectivity index (χ2v) is 19.2. The lowest BCUT2D eigenvalue weighted by atomic mass is 10.1. The number of hydrogen-bond donors (Lipinski definition) is 0. The number of unbranched alkanes of at least 4 members (excludes halogenated alkanes) is 29. The van der Waals surface area contributed by atoms with E-state index in [2.05, 4.69) is 93.7 Å². The highest BCUT2D eigenvalue weighted by Gasteiger charge is 2.19. The van der Waals surface area contributed by atoms with Gasteiger partial charge in [-0.1, -0.05) is 229 Å². The molecular formula is C62H108O6. The van der Waals surface area contributed by atoms with E-state index in [4.69, 9.17) is 14.2 Å². The van der Waals surface area contributed by atoms with Crippen molar-refractivity contribution in [3.8, 4) is 0 Å². The molecule has 0 aromatic carbocycles. The molecule has 0 aromatic heterocycles. The Morgan fingerprint density at radius 2 is 0.574 bits per heavy atom. The van der Waals surface area contributed by atoms with Crippen molar-refractivity contribution in [2.45, 2.75) is 290 Å². The Hall–Kier alpha value is -3.15. The normalized spacial score (nSPS) is 12.6. The van der Waals surface area contributed by atoms with Crippen LogP contribution in [0.1, 0.15) is 284 Å². The topological polar surface area (TPSA) is 78.9 Å². The van der Waals surface area contributed by atoms with Crippen LogP contribution in [0.15, 0.2) is 72.9 Å². The van der Waals surface area contributed by atoms with Gasteiger partial charge in [0.15, 0.2) is 6.10 Å². The van der Waals surface area contributed by atoms with E-state index in [1.54, 1.807) is 0 Å². The number of carbonyl (C=O) groups is 3. The first-order chi connectivity index (χ1) is 33.5. The molecule has 68 heavy (non-hydrogen) atoms. The van der Waals surface area contributed by atoms with E-state index in [0.29, 0.717) is 19.3 Å². The van der Waals surface area contributed by atoms with Gasteiger partial charge in [-0.25, -0.2) is 0 Å². The molecule has 0 spiro atoms. The summed E-state index contributed by atoms with van der Waals surface area (Å²) in [6.07, 6.45) is 71.7. The van der Waals surface area contributed by atoms with E-state index < -0.39 is 6.10 Å². The van der Waals surface area contributed by atoms with Crippen LogP contribution in [0.4, 0.5) is 0 Å². The van der Waals surface area contributed by atoms with Crippen LogP contribution in [0, 0.1) is 0 Å². The molecule has 0 heterocycles. The average molecular weight is 950 g/mol. The van der Waals surface area contributed by atoms with Crippen molar-refractivity contribution in [2.75, 3.05) is 13.2 Å². The first kappa shape index (κ1) is 64.8. The minimum atomic E-state index is -0.788. The molecule has 0 aliphatic rings. The number of carbonyl (C=O) groups excluding carboxylic acids is 3. The summed E-state index contributed by atoms with van der Waals surface area (Å²) < 4.78 is 16.9. The Morgan fingerprint density at radius 1 is 0.309 bits per heavy atom. The summed E-state index contributed by atoms with van der Waals surface area (Å²) in [6, 6.07) is 0. The van der Waals surface area contributed by atoms with E-state index in [9.17, 15) is 14.4 Å². The zero-order valence-electron chi connectivity index (χ0n) is 44.9. The molecule has 0 amide bonds. The molecule has 0 saturated heterocycles. The number of esters is 3. The van der Waals surface area contributed by atoms with Crippen molar-refractivity contribution in [3.05, 3.63) is 72.9 Å². The fourth-order valence-electron chi connectivity index (χ4n) is 8.07. The van der Waals surface area contributed by atoms with Gasteiger partial charge in [-0.05, 0) is 109 Å². The minimum Gasteiger partial charge on any atom is -0.462 e. The van der Waals surface area contributed by atoms with Gasteiger partial charge in [0.25, 0.3) is 0 Å². The monoisotopic (exact) mass is 949 g/mol. The van der Waals surface area contributed by atoms with Crippen LogP contribution in [0.3, 0.4) is 0 Å². The molecule has 0 aromatic rings. The zero-order chi connectivity index (χ0) is 49.3. The van der Waals surface area contributed by atoms with Crippen molar-refractivity contribution in [1.82, 2.24) is 0 Å². The van der Waals surface area contributed by atoms with Crippen molar-refractivity contribution >= 4 is 17.9 Å². The van der Waals surface area contributed by atoms with Crippen molar-refractivity contribution in [2.24, 2.45) is 0 Å². The first-order valence-electron chi connectivity index (χ1n) is 28.9. The van der Waals surface area contributed by atoms with Crippen molar-refractivity contribution in [1.29, 1.82) is 0 Å². The highest BCUT2D eigenvalue weighted by molar-refractivity contribution is 5.71. The Bertz CT molecular complexity index is 1270. The second kappa shape index (κ2) is 56.4. The molecule has 6 nitrogen and oxygen atoms in total. The number of rotatable bonds is 52. The largest absolute Gasteiger partial charge is 0.462 e. The van der Waals surface area contributed by atoms with Gasteiger partial charge < -0.3 is 14.2 Å². The number of allylic oxidation sites excluding steroid dienone is 12. The average Bonchev–Trinajstić information content (AvgIpc) is 3.34. The molecular weight excluding hydrogens is 841 g/mol. The van der Waals surface area contributed by atoms with Crippen LogP contribution in [-0.4, -0.2) is 37.2 Å². The lowest BCUT2D eigenvalue weighted by molar-refractivity contribution is -0.167.